The Morgan fingerprint density at radius 3 is 2.46 bits per heavy atom. The highest BCUT2D eigenvalue weighted by molar-refractivity contribution is 7.89. The molecule has 1 unspecified atom stereocenters. The molecule has 1 amide bonds. The van der Waals surface area contributed by atoms with Gasteiger partial charge in [0.05, 0.1) is 10.8 Å². The summed E-state index contributed by atoms with van der Waals surface area (Å²) in [5, 5.41) is 2.67. The maximum atomic E-state index is 12.8. The monoisotopic (exact) mass is 377 g/mol. The Morgan fingerprint density at radius 1 is 1.23 bits per heavy atom. The quantitative estimate of drug-likeness (QED) is 0.497. The Bertz CT molecular complexity index is 655. The zero-order valence-corrected chi connectivity index (χ0v) is 17.3. The number of hydrogen-bond acceptors (Lipinski definition) is 3. The first-order valence-corrected chi connectivity index (χ1v) is 10.2. The Morgan fingerprint density at radius 2 is 1.88 bits per heavy atom. The summed E-state index contributed by atoms with van der Waals surface area (Å²) in [5.41, 5.74) is 0.616. The van der Waals surface area contributed by atoms with Gasteiger partial charge in [0.15, 0.2) is 0 Å². The van der Waals surface area contributed by atoms with Gasteiger partial charge in [-0.15, -0.1) is 0 Å². The molecule has 0 radical (unpaired) electrons. The second-order valence-electron chi connectivity index (χ2n) is 7.12. The van der Waals surface area contributed by atoms with Crippen molar-refractivity contribution in [2.75, 3.05) is 6.54 Å². The zero-order valence-electron chi connectivity index (χ0n) is 16.5. The number of ether oxygens (including phenoxy) is 1. The van der Waals surface area contributed by atoms with Crippen LogP contribution in [0.25, 0.3) is 0 Å². The lowest BCUT2D eigenvalue weighted by Crippen LogP contribution is -2.32. The Hall–Kier alpha value is -1.88. The van der Waals surface area contributed by atoms with Crippen LogP contribution in [-0.4, -0.2) is 22.4 Å². The van der Waals surface area contributed by atoms with Gasteiger partial charge in [0, 0.05) is 16.3 Å². The van der Waals surface area contributed by atoms with Crippen LogP contribution in [0.3, 0.4) is 0 Å². The van der Waals surface area contributed by atoms with Gasteiger partial charge in [-0.05, 0) is 52.3 Å². The molecule has 1 atom stereocenters. The van der Waals surface area contributed by atoms with E-state index in [9.17, 15) is 9.00 Å². The first-order chi connectivity index (χ1) is 12.2. The summed E-state index contributed by atoms with van der Waals surface area (Å²) in [6.45, 7) is 9.92. The Kier molecular flexibility index (Phi) is 9.35. The van der Waals surface area contributed by atoms with Crippen LogP contribution < -0.4 is 5.32 Å². The lowest BCUT2D eigenvalue weighted by molar-refractivity contribution is 0.0534. The zero-order chi connectivity index (χ0) is 19.6. The number of unbranched alkanes of at least 4 members (excludes halogenated alkanes) is 2. The van der Waals surface area contributed by atoms with E-state index in [1.165, 1.54) is 0 Å². The first-order valence-electron chi connectivity index (χ1n) is 9.05. The topological polar surface area (TPSA) is 55.4 Å². The molecule has 0 aliphatic rings. The summed E-state index contributed by atoms with van der Waals surface area (Å²) < 4.78 is 18.0. The second-order valence-corrected chi connectivity index (χ2v) is 8.60. The van der Waals surface area contributed by atoms with Crippen LogP contribution in [0.5, 0.6) is 0 Å². The number of carbonyl (C=O) groups is 1. The maximum Gasteiger partial charge on any atom is 0.407 e. The van der Waals surface area contributed by atoms with Crippen molar-refractivity contribution >= 4 is 16.9 Å². The fraction of sp³-hybridized carbons (Fsp3) is 0.476. The molecule has 0 saturated carbocycles. The molecule has 26 heavy (non-hydrogen) atoms. The third kappa shape index (κ3) is 8.99. The standard InChI is InChI=1S/C21H31NO3S/c1-6-7-8-10-18(26(24)19-14-12-17(2)13-15-19)11-9-16-22-20(23)25-21(3,4)5/h9-15H,6-8,16H2,1-5H3,(H,22,23)/b11-9+,18-10-. The lowest BCUT2D eigenvalue weighted by atomic mass is 10.2. The van der Waals surface area contributed by atoms with E-state index in [2.05, 4.69) is 12.2 Å². The molecule has 1 rings (SSSR count). The molecule has 0 fully saturated rings. The summed E-state index contributed by atoms with van der Waals surface area (Å²) in [7, 11) is -1.23. The predicted octanol–water partition coefficient (Wildman–Crippen LogP) is 5.26. The highest BCUT2D eigenvalue weighted by atomic mass is 32.2. The molecular formula is C21H31NO3S. The number of allylic oxidation sites excluding steroid dienone is 2. The molecule has 0 aliphatic carbocycles. The van der Waals surface area contributed by atoms with E-state index in [0.717, 1.165) is 34.6 Å². The van der Waals surface area contributed by atoms with E-state index in [4.69, 9.17) is 4.74 Å². The van der Waals surface area contributed by atoms with Gasteiger partial charge in [-0.1, -0.05) is 49.6 Å². The Labute approximate surface area is 160 Å². The van der Waals surface area contributed by atoms with E-state index >= 15 is 0 Å². The van der Waals surface area contributed by atoms with Crippen molar-refractivity contribution in [3.8, 4) is 0 Å². The molecule has 0 spiro atoms. The van der Waals surface area contributed by atoms with Crippen molar-refractivity contribution in [1.82, 2.24) is 5.32 Å². The molecule has 1 aromatic rings. The van der Waals surface area contributed by atoms with Crippen LogP contribution in [0.1, 0.15) is 52.5 Å². The van der Waals surface area contributed by atoms with Crippen molar-refractivity contribution in [2.45, 2.75) is 64.4 Å². The van der Waals surface area contributed by atoms with Crippen LogP contribution in [0, 0.1) is 6.92 Å². The first kappa shape index (κ1) is 22.2. The second kappa shape index (κ2) is 11.0. The average molecular weight is 378 g/mol. The summed E-state index contributed by atoms with van der Waals surface area (Å²) in [6.07, 6.45) is 8.20. The molecular weight excluding hydrogens is 346 g/mol. The van der Waals surface area contributed by atoms with Crippen molar-refractivity contribution in [3.05, 3.63) is 53.0 Å². The van der Waals surface area contributed by atoms with Gasteiger partial charge >= 0.3 is 6.09 Å². The number of nitrogens with one attached hydrogen (secondary N) is 1. The summed E-state index contributed by atoms with van der Waals surface area (Å²) in [5.74, 6) is 0. The number of hydrogen-bond donors (Lipinski definition) is 1. The van der Waals surface area contributed by atoms with Crippen molar-refractivity contribution in [1.29, 1.82) is 0 Å². The van der Waals surface area contributed by atoms with Crippen LogP contribution in [0.15, 0.2) is 52.3 Å². The van der Waals surface area contributed by atoms with Crippen LogP contribution in [0.2, 0.25) is 0 Å². The number of aryl methyl sites for hydroxylation is 1. The third-order valence-electron chi connectivity index (χ3n) is 3.40. The van der Waals surface area contributed by atoms with Gasteiger partial charge in [-0.3, -0.25) is 0 Å². The van der Waals surface area contributed by atoms with E-state index in [1.54, 1.807) is 6.08 Å². The van der Waals surface area contributed by atoms with Gasteiger partial charge in [0.2, 0.25) is 0 Å². The molecule has 4 nitrogen and oxygen atoms in total. The lowest BCUT2D eigenvalue weighted by Gasteiger charge is -2.19. The maximum absolute atomic E-state index is 12.8. The number of alkyl carbamates (subject to hydrolysis) is 1. The molecule has 0 bridgehead atoms. The Balaban J connectivity index is 2.74. The van der Waals surface area contributed by atoms with Crippen molar-refractivity contribution < 1.29 is 13.7 Å². The molecule has 1 N–H and O–H groups in total. The van der Waals surface area contributed by atoms with Gasteiger partial charge < -0.3 is 10.1 Å². The largest absolute Gasteiger partial charge is 0.444 e. The number of carbonyl (C=O) groups excluding carboxylic acids is 1. The van der Waals surface area contributed by atoms with E-state index in [0.29, 0.717) is 6.54 Å². The number of amides is 1. The molecule has 0 aliphatic heterocycles. The van der Waals surface area contributed by atoms with E-state index in [1.807, 2.05) is 64.1 Å². The van der Waals surface area contributed by atoms with Gasteiger partial charge in [0.1, 0.15) is 5.60 Å². The third-order valence-corrected chi connectivity index (χ3v) is 4.83. The fourth-order valence-corrected chi connectivity index (χ4v) is 3.23. The average Bonchev–Trinajstić information content (AvgIpc) is 2.55. The van der Waals surface area contributed by atoms with E-state index < -0.39 is 22.5 Å². The minimum absolute atomic E-state index is 0.325. The summed E-state index contributed by atoms with van der Waals surface area (Å²) in [6, 6.07) is 7.72. The number of benzene rings is 1. The molecule has 0 saturated heterocycles. The molecule has 0 aromatic heterocycles. The molecule has 5 heteroatoms. The van der Waals surface area contributed by atoms with Crippen molar-refractivity contribution in [2.24, 2.45) is 0 Å². The highest BCUT2D eigenvalue weighted by Gasteiger charge is 2.15. The van der Waals surface area contributed by atoms with Gasteiger partial charge in [-0.25, -0.2) is 9.00 Å². The van der Waals surface area contributed by atoms with E-state index in [-0.39, 0.29) is 0 Å². The normalized spacial score (nSPS) is 13.7. The molecule has 1 aromatic carbocycles. The summed E-state index contributed by atoms with van der Waals surface area (Å²) >= 11 is 0. The molecule has 0 heterocycles. The van der Waals surface area contributed by atoms with Crippen molar-refractivity contribution in [3.63, 3.8) is 0 Å². The smallest absolute Gasteiger partial charge is 0.407 e. The SMILES string of the molecule is CCCC/C=C(/C=C/CNC(=O)OC(C)(C)C)S(=O)c1ccc(C)cc1. The minimum Gasteiger partial charge on any atom is -0.444 e. The predicted molar refractivity (Wildman–Crippen MR) is 109 cm³/mol. The fourth-order valence-electron chi connectivity index (χ4n) is 2.08. The highest BCUT2D eigenvalue weighted by Crippen LogP contribution is 2.17. The summed E-state index contributed by atoms with van der Waals surface area (Å²) in [4.78, 5) is 13.2. The van der Waals surface area contributed by atoms with Crippen LogP contribution in [0.4, 0.5) is 4.79 Å². The van der Waals surface area contributed by atoms with Crippen LogP contribution in [-0.2, 0) is 15.5 Å². The van der Waals surface area contributed by atoms with Crippen LogP contribution >= 0.6 is 0 Å². The minimum atomic E-state index is -1.23. The van der Waals surface area contributed by atoms with Gasteiger partial charge in [0.25, 0.3) is 0 Å². The molecule has 144 valence electrons. The van der Waals surface area contributed by atoms with Gasteiger partial charge in [-0.2, -0.15) is 0 Å². The number of rotatable bonds is 8.